The number of fused-ring (bicyclic) bond motifs is 1. The van der Waals surface area contributed by atoms with E-state index in [2.05, 4.69) is 23.5 Å². The van der Waals surface area contributed by atoms with Gasteiger partial charge in [0.25, 0.3) is 0 Å². The van der Waals surface area contributed by atoms with Gasteiger partial charge in [0.15, 0.2) is 5.65 Å². The van der Waals surface area contributed by atoms with Crippen molar-refractivity contribution < 1.29 is 0 Å². The molecule has 1 aliphatic rings. The van der Waals surface area contributed by atoms with Gasteiger partial charge in [0.05, 0.1) is 11.6 Å². The molecule has 0 atom stereocenters. The third-order valence-electron chi connectivity index (χ3n) is 4.70. The maximum absolute atomic E-state index is 6.18. The van der Waals surface area contributed by atoms with Crippen molar-refractivity contribution in [2.24, 2.45) is 7.05 Å². The SMILES string of the molecule is CCc1nn(C)c2c1nc(CCl)n2C1(C)CCCCC1. The smallest absolute Gasteiger partial charge is 0.159 e. The van der Waals surface area contributed by atoms with Crippen molar-refractivity contribution in [1.29, 1.82) is 0 Å². The molecule has 5 heteroatoms. The van der Waals surface area contributed by atoms with E-state index in [-0.39, 0.29) is 5.54 Å². The van der Waals surface area contributed by atoms with Crippen molar-refractivity contribution in [3.05, 3.63) is 11.5 Å². The molecule has 0 saturated heterocycles. The molecule has 0 unspecified atom stereocenters. The Morgan fingerprint density at radius 3 is 2.55 bits per heavy atom. The molecule has 1 saturated carbocycles. The molecule has 0 aromatic carbocycles. The highest BCUT2D eigenvalue weighted by molar-refractivity contribution is 6.16. The largest absolute Gasteiger partial charge is 0.306 e. The Kier molecular flexibility index (Phi) is 3.53. The molecular formula is C15H23ClN4. The predicted octanol–water partition coefficient (Wildman–Crippen LogP) is 3.75. The molecule has 0 N–H and O–H groups in total. The highest BCUT2D eigenvalue weighted by Crippen LogP contribution is 2.38. The molecule has 2 aromatic heterocycles. The van der Waals surface area contributed by atoms with Gasteiger partial charge in [-0.05, 0) is 26.2 Å². The van der Waals surface area contributed by atoms with Gasteiger partial charge in [0, 0.05) is 12.6 Å². The van der Waals surface area contributed by atoms with E-state index in [9.17, 15) is 0 Å². The molecule has 1 fully saturated rings. The van der Waals surface area contributed by atoms with Crippen LogP contribution in [0.5, 0.6) is 0 Å². The quantitative estimate of drug-likeness (QED) is 0.808. The van der Waals surface area contributed by atoms with Gasteiger partial charge in [-0.1, -0.05) is 26.2 Å². The average Bonchev–Trinajstić information content (AvgIpc) is 2.97. The Morgan fingerprint density at radius 1 is 1.25 bits per heavy atom. The number of nitrogens with zero attached hydrogens (tertiary/aromatic N) is 4. The van der Waals surface area contributed by atoms with Crippen LogP contribution in [-0.2, 0) is 24.9 Å². The number of aryl methyl sites for hydroxylation is 2. The lowest BCUT2D eigenvalue weighted by atomic mass is 9.83. The number of hydrogen-bond acceptors (Lipinski definition) is 2. The average molecular weight is 295 g/mol. The zero-order valence-corrected chi connectivity index (χ0v) is 13.4. The molecule has 0 amide bonds. The summed E-state index contributed by atoms with van der Waals surface area (Å²) in [6.07, 6.45) is 7.23. The van der Waals surface area contributed by atoms with Crippen molar-refractivity contribution in [3.63, 3.8) is 0 Å². The van der Waals surface area contributed by atoms with Gasteiger partial charge in [0.2, 0.25) is 0 Å². The fourth-order valence-electron chi connectivity index (χ4n) is 3.66. The van der Waals surface area contributed by atoms with Gasteiger partial charge in [0.1, 0.15) is 11.3 Å². The number of hydrogen-bond donors (Lipinski definition) is 0. The van der Waals surface area contributed by atoms with E-state index in [1.807, 2.05) is 11.7 Å². The van der Waals surface area contributed by atoms with Gasteiger partial charge in [-0.3, -0.25) is 4.68 Å². The van der Waals surface area contributed by atoms with Gasteiger partial charge < -0.3 is 4.57 Å². The van der Waals surface area contributed by atoms with Crippen LogP contribution in [0.4, 0.5) is 0 Å². The lowest BCUT2D eigenvalue weighted by Crippen LogP contribution is -2.34. The molecule has 0 bridgehead atoms. The third-order valence-corrected chi connectivity index (χ3v) is 4.94. The summed E-state index contributed by atoms with van der Waals surface area (Å²) in [4.78, 5) is 4.79. The van der Waals surface area contributed by atoms with Crippen LogP contribution in [0.1, 0.15) is 57.5 Å². The van der Waals surface area contributed by atoms with E-state index in [1.54, 1.807) is 0 Å². The summed E-state index contributed by atoms with van der Waals surface area (Å²) in [5.41, 5.74) is 3.39. The summed E-state index contributed by atoms with van der Waals surface area (Å²) < 4.78 is 4.36. The van der Waals surface area contributed by atoms with Crippen LogP contribution in [0.15, 0.2) is 0 Å². The topological polar surface area (TPSA) is 35.6 Å². The van der Waals surface area contributed by atoms with E-state index >= 15 is 0 Å². The molecule has 2 aromatic rings. The monoisotopic (exact) mass is 294 g/mol. The van der Waals surface area contributed by atoms with Crippen LogP contribution in [0.2, 0.25) is 0 Å². The molecule has 0 radical (unpaired) electrons. The van der Waals surface area contributed by atoms with Crippen molar-refractivity contribution >= 4 is 22.8 Å². The lowest BCUT2D eigenvalue weighted by Gasteiger charge is -2.36. The first-order valence-corrected chi connectivity index (χ1v) is 8.14. The van der Waals surface area contributed by atoms with Crippen LogP contribution in [-0.4, -0.2) is 19.3 Å². The van der Waals surface area contributed by atoms with Crippen LogP contribution in [0.3, 0.4) is 0 Å². The van der Waals surface area contributed by atoms with Crippen LogP contribution in [0, 0.1) is 0 Å². The highest BCUT2D eigenvalue weighted by Gasteiger charge is 2.34. The van der Waals surface area contributed by atoms with Crippen molar-refractivity contribution in [2.45, 2.75) is 63.8 Å². The van der Waals surface area contributed by atoms with E-state index in [1.165, 1.54) is 32.1 Å². The second-order valence-electron chi connectivity index (χ2n) is 6.15. The van der Waals surface area contributed by atoms with Crippen molar-refractivity contribution in [2.75, 3.05) is 0 Å². The molecule has 1 aliphatic carbocycles. The van der Waals surface area contributed by atoms with E-state index < -0.39 is 0 Å². The van der Waals surface area contributed by atoms with E-state index in [4.69, 9.17) is 16.6 Å². The molecule has 0 aliphatic heterocycles. The Labute approximate surface area is 125 Å². The Bertz CT molecular complexity index is 619. The fraction of sp³-hybridized carbons (Fsp3) is 0.733. The highest BCUT2D eigenvalue weighted by atomic mass is 35.5. The number of rotatable bonds is 3. The van der Waals surface area contributed by atoms with Gasteiger partial charge in [-0.25, -0.2) is 4.98 Å². The summed E-state index contributed by atoms with van der Waals surface area (Å²) in [6, 6.07) is 0. The molecule has 3 rings (SSSR count). The van der Waals surface area contributed by atoms with Crippen LogP contribution < -0.4 is 0 Å². The minimum absolute atomic E-state index is 0.135. The number of imidazole rings is 1. The van der Waals surface area contributed by atoms with Gasteiger partial charge >= 0.3 is 0 Å². The molecule has 110 valence electrons. The van der Waals surface area contributed by atoms with Crippen molar-refractivity contribution in [1.82, 2.24) is 19.3 Å². The van der Waals surface area contributed by atoms with E-state index in [0.717, 1.165) is 29.1 Å². The van der Waals surface area contributed by atoms with Crippen LogP contribution >= 0.6 is 11.6 Å². The predicted molar refractivity (Wildman–Crippen MR) is 82.2 cm³/mol. The number of halogens is 1. The molecular weight excluding hydrogens is 272 g/mol. The van der Waals surface area contributed by atoms with E-state index in [0.29, 0.717) is 5.88 Å². The zero-order valence-electron chi connectivity index (χ0n) is 12.6. The zero-order chi connectivity index (χ0) is 14.3. The normalized spacial score (nSPS) is 18.8. The maximum Gasteiger partial charge on any atom is 0.159 e. The van der Waals surface area contributed by atoms with Crippen molar-refractivity contribution in [3.8, 4) is 0 Å². The molecule has 4 nitrogen and oxygen atoms in total. The summed E-state index contributed by atoms with van der Waals surface area (Å²) in [6.45, 7) is 4.48. The Hall–Kier alpha value is -1.03. The minimum Gasteiger partial charge on any atom is -0.306 e. The first-order valence-electron chi connectivity index (χ1n) is 7.60. The standard InChI is InChI=1S/C15H23ClN4/c1-4-11-13-14(19(3)18-11)20(12(10-16)17-13)15(2)8-6-5-7-9-15/h4-10H2,1-3H3. The van der Waals surface area contributed by atoms with Crippen LogP contribution in [0.25, 0.3) is 11.2 Å². The second-order valence-corrected chi connectivity index (χ2v) is 6.42. The summed E-state index contributed by atoms with van der Waals surface area (Å²) in [5, 5.41) is 4.62. The third kappa shape index (κ3) is 1.96. The first kappa shape index (κ1) is 13.9. The molecule has 0 spiro atoms. The molecule has 2 heterocycles. The lowest BCUT2D eigenvalue weighted by molar-refractivity contribution is 0.218. The van der Waals surface area contributed by atoms with Gasteiger partial charge in [-0.2, -0.15) is 5.10 Å². The number of alkyl halides is 1. The Balaban J connectivity index is 2.24. The Morgan fingerprint density at radius 2 is 1.95 bits per heavy atom. The maximum atomic E-state index is 6.18. The number of aromatic nitrogens is 4. The fourth-order valence-corrected chi connectivity index (χ4v) is 3.84. The summed E-state index contributed by atoms with van der Waals surface area (Å²) in [7, 11) is 2.02. The summed E-state index contributed by atoms with van der Waals surface area (Å²) >= 11 is 6.18. The summed E-state index contributed by atoms with van der Waals surface area (Å²) in [5.74, 6) is 1.46. The van der Waals surface area contributed by atoms with Gasteiger partial charge in [-0.15, -0.1) is 11.6 Å². The first-order chi connectivity index (χ1) is 9.60. The minimum atomic E-state index is 0.135. The second kappa shape index (κ2) is 5.06. The molecule has 20 heavy (non-hydrogen) atoms.